The van der Waals surface area contributed by atoms with Crippen LogP contribution in [0.5, 0.6) is 0 Å². The van der Waals surface area contributed by atoms with Gasteiger partial charge in [-0.05, 0) is 199 Å². The van der Waals surface area contributed by atoms with E-state index in [1.54, 1.807) is 0 Å². The van der Waals surface area contributed by atoms with Gasteiger partial charge in [-0.2, -0.15) is 3.89 Å². The fourth-order valence-corrected chi connectivity index (χ4v) is 15.3. The van der Waals surface area contributed by atoms with Gasteiger partial charge in [0, 0.05) is 112 Å². The van der Waals surface area contributed by atoms with Crippen LogP contribution < -0.4 is 0 Å². The van der Waals surface area contributed by atoms with E-state index in [0.717, 1.165) is 139 Å². The molecule has 12 aromatic rings. The largest absolute Gasteiger partial charge is 0.481 e. The molecule has 0 saturated heterocycles. The number of carbonyl (C=O) groups excluding carboxylic acids is 3. The second kappa shape index (κ2) is 34.2. The van der Waals surface area contributed by atoms with Gasteiger partial charge in [-0.1, -0.05) is 143 Å². The number of carboxylic acid groups (broad SMARTS) is 3. The summed E-state index contributed by atoms with van der Waals surface area (Å²) in [6.07, 6.45) is 3.63. The van der Waals surface area contributed by atoms with Crippen molar-refractivity contribution in [3.63, 3.8) is 0 Å². The number of rotatable bonds is 18. The number of fused-ring (bicyclic) bond motifs is 6. The summed E-state index contributed by atoms with van der Waals surface area (Å²) < 4.78 is 15.7. The number of hydrogen-bond donors (Lipinski definition) is 3. The number of halogens is 1. The SMILES string of the molecule is CCn1nnc2c(C)c(C(CC(=O)O)c3ccc4c(c3)CN(C(=O)c3ccccc3)CC4)ccc21.CCn1nnc2c(C)c([C@@H](CC(=O)O)c3ccc4c(c3)CN(C(=O)c3ccccc3)CC4)ccc21.CCn1nnc2c(C)c([C@H](CC(=O)O)c3ccc4c(c3)CN(C(=O)c3ccccc3)CC4)ccc21.CSF. The van der Waals surface area contributed by atoms with Gasteiger partial charge < -0.3 is 30.0 Å². The first-order chi connectivity index (χ1) is 52.3. The predicted octanol–water partition coefficient (Wildman–Crippen LogP) is 14.9. The average molecular weight is 1470 g/mol. The summed E-state index contributed by atoms with van der Waals surface area (Å²) in [4.78, 5) is 80.3. The number of nitrogens with zero attached hydrogens (tertiary/aromatic N) is 12. The van der Waals surface area contributed by atoms with Crippen molar-refractivity contribution in [1.82, 2.24) is 59.7 Å². The molecule has 21 nitrogen and oxygen atoms in total. The van der Waals surface area contributed by atoms with Gasteiger partial charge in [0.1, 0.15) is 16.6 Å². The lowest BCUT2D eigenvalue weighted by Gasteiger charge is -2.30. The zero-order chi connectivity index (χ0) is 76.3. The predicted molar refractivity (Wildman–Crippen MR) is 415 cm³/mol. The second-order valence-electron chi connectivity index (χ2n) is 27.4. The average Bonchev–Trinajstić information content (AvgIpc) is 1.36. The number of amides is 3. The van der Waals surface area contributed by atoms with Gasteiger partial charge in [-0.15, -0.1) is 15.3 Å². The molecule has 0 fully saturated rings. The first-order valence-corrected chi connectivity index (χ1v) is 37.6. The number of aliphatic carboxylic acids is 3. The Morgan fingerprint density at radius 1 is 0.389 bits per heavy atom. The summed E-state index contributed by atoms with van der Waals surface area (Å²) >= 11 is 0.250. The van der Waals surface area contributed by atoms with Crippen LogP contribution in [0.15, 0.2) is 182 Å². The van der Waals surface area contributed by atoms with E-state index in [0.29, 0.717) is 56.0 Å². The van der Waals surface area contributed by atoms with Crippen LogP contribution in [-0.4, -0.2) is 137 Å². The molecule has 3 N–H and O–H groups in total. The lowest BCUT2D eigenvalue weighted by atomic mass is 9.83. The molecule has 9 aromatic carbocycles. The first-order valence-electron chi connectivity index (χ1n) is 36.5. The smallest absolute Gasteiger partial charge is 0.304 e. The van der Waals surface area contributed by atoms with Crippen LogP contribution in [0.4, 0.5) is 3.89 Å². The maximum atomic E-state index is 13.0. The molecule has 15 rings (SSSR count). The van der Waals surface area contributed by atoms with Crippen molar-refractivity contribution in [1.29, 1.82) is 0 Å². The highest BCUT2D eigenvalue weighted by Gasteiger charge is 2.31. The Morgan fingerprint density at radius 3 is 0.889 bits per heavy atom. The highest BCUT2D eigenvalue weighted by molar-refractivity contribution is 7.93. The Kier molecular flexibility index (Phi) is 24.1. The number of carboxylic acids is 3. The zero-order valence-electron chi connectivity index (χ0n) is 61.6. The van der Waals surface area contributed by atoms with Crippen molar-refractivity contribution in [2.45, 2.75) is 137 Å². The van der Waals surface area contributed by atoms with E-state index in [2.05, 4.69) is 67.3 Å². The molecule has 554 valence electrons. The Morgan fingerprint density at radius 2 is 0.648 bits per heavy atom. The van der Waals surface area contributed by atoms with E-state index in [1.165, 1.54) is 22.9 Å². The van der Waals surface area contributed by atoms with E-state index in [1.807, 2.05) is 216 Å². The number of hydrogen-bond acceptors (Lipinski definition) is 13. The van der Waals surface area contributed by atoms with Gasteiger partial charge >= 0.3 is 17.9 Å². The molecule has 3 aliphatic rings. The van der Waals surface area contributed by atoms with Crippen molar-refractivity contribution in [3.05, 3.63) is 282 Å². The fraction of sp³-hybridized carbons (Fsp3) is 0.294. The second-order valence-corrected chi connectivity index (χ2v) is 27.7. The van der Waals surface area contributed by atoms with Crippen molar-refractivity contribution in [3.8, 4) is 0 Å². The Labute approximate surface area is 630 Å². The highest BCUT2D eigenvalue weighted by atomic mass is 32.2. The lowest BCUT2D eigenvalue weighted by Crippen LogP contribution is -2.36. The van der Waals surface area contributed by atoms with E-state index in [4.69, 9.17) is 0 Å². The fourth-order valence-electron chi connectivity index (χ4n) is 15.3. The third-order valence-corrected chi connectivity index (χ3v) is 21.0. The van der Waals surface area contributed by atoms with Crippen molar-refractivity contribution in [2.24, 2.45) is 0 Å². The number of aryl methyl sites for hydroxylation is 6. The Hall–Kier alpha value is -11.7. The van der Waals surface area contributed by atoms with Crippen LogP contribution in [0.25, 0.3) is 33.1 Å². The standard InChI is InChI=1S/3C28H28N4O3.CH3FS/c3*1-3-32-25-12-11-23(18(2)27(25)29-30-32)24(16-26(33)34)21-10-9-19-13-14-31(17-22(19)15-21)28(35)20-7-5-4-6-8-20;1-3-2/h3*4-12,15,24H,3,13-14,16-17H2,1-2H3,(H,33,34);1H3/t2*24-;;/m10../s1. The van der Waals surface area contributed by atoms with Crippen LogP contribution in [0.1, 0.15) is 172 Å². The van der Waals surface area contributed by atoms with Gasteiger partial charge in [0.15, 0.2) is 0 Å². The molecule has 23 heteroatoms. The zero-order valence-corrected chi connectivity index (χ0v) is 62.4. The number of carbonyl (C=O) groups is 6. The van der Waals surface area contributed by atoms with Gasteiger partial charge in [0.2, 0.25) is 0 Å². The highest BCUT2D eigenvalue weighted by Crippen LogP contribution is 2.40. The van der Waals surface area contributed by atoms with Gasteiger partial charge in [-0.3, -0.25) is 28.8 Å². The van der Waals surface area contributed by atoms with E-state index >= 15 is 0 Å². The lowest BCUT2D eigenvalue weighted by molar-refractivity contribution is -0.138. The van der Waals surface area contributed by atoms with Crippen LogP contribution >= 0.6 is 12.1 Å². The summed E-state index contributed by atoms with van der Waals surface area (Å²) in [5.41, 5.74) is 22.6. The Balaban J connectivity index is 0.000000148. The number of benzene rings is 9. The van der Waals surface area contributed by atoms with Crippen LogP contribution in [-0.2, 0) is 72.9 Å². The molecule has 0 bridgehead atoms. The van der Waals surface area contributed by atoms with Crippen molar-refractivity contribution < 1.29 is 48.0 Å². The third-order valence-electron chi connectivity index (χ3n) is 21.0. The molecule has 0 radical (unpaired) electrons. The minimum absolute atomic E-state index is 0.0176. The summed E-state index contributed by atoms with van der Waals surface area (Å²) in [6.45, 7) is 17.7. The van der Waals surface area contributed by atoms with E-state index < -0.39 is 17.9 Å². The topological polar surface area (TPSA) is 265 Å². The molecule has 3 aliphatic heterocycles. The third kappa shape index (κ3) is 16.6. The van der Waals surface area contributed by atoms with Gasteiger partial charge in [-0.25, -0.2) is 14.0 Å². The molecule has 0 spiro atoms. The normalized spacial score (nSPS) is 13.8. The first kappa shape index (κ1) is 75.9. The summed E-state index contributed by atoms with van der Waals surface area (Å²) in [7, 11) is 0. The summed E-state index contributed by atoms with van der Waals surface area (Å²) in [6, 6.07) is 58.6. The molecule has 0 aliphatic carbocycles. The summed E-state index contributed by atoms with van der Waals surface area (Å²) in [5, 5.41) is 55.0. The maximum Gasteiger partial charge on any atom is 0.304 e. The molecule has 108 heavy (non-hydrogen) atoms. The Bertz CT molecular complexity index is 4780. The molecule has 6 heterocycles. The van der Waals surface area contributed by atoms with Gasteiger partial charge in [0.05, 0.1) is 35.8 Å². The van der Waals surface area contributed by atoms with Crippen LogP contribution in [0, 0.1) is 20.8 Å². The van der Waals surface area contributed by atoms with E-state index in [9.17, 15) is 48.0 Å². The monoisotopic (exact) mass is 1470 g/mol. The summed E-state index contributed by atoms with van der Waals surface area (Å²) in [5.74, 6) is -3.49. The minimum Gasteiger partial charge on any atom is -0.481 e. The molecule has 3 atom stereocenters. The van der Waals surface area contributed by atoms with Crippen molar-refractivity contribution in [2.75, 3.05) is 25.9 Å². The van der Waals surface area contributed by atoms with E-state index in [-0.39, 0.29) is 66.9 Å². The quantitative estimate of drug-likeness (QED) is 0.0721. The molecular formula is C85H87FN12O9S. The van der Waals surface area contributed by atoms with Crippen LogP contribution in [0.3, 0.4) is 0 Å². The van der Waals surface area contributed by atoms with Crippen molar-refractivity contribution >= 4 is 80.9 Å². The molecular weight excluding hydrogens is 1380 g/mol. The van der Waals surface area contributed by atoms with Crippen LogP contribution in [0.2, 0.25) is 0 Å². The number of aromatic nitrogens is 9. The maximum absolute atomic E-state index is 13.0. The molecule has 1 unspecified atom stereocenters. The molecule has 3 aromatic heterocycles. The van der Waals surface area contributed by atoms with Gasteiger partial charge in [0.25, 0.3) is 17.7 Å². The molecule has 0 saturated carbocycles. The minimum atomic E-state index is -0.856. The molecule has 3 amide bonds.